The molecule has 2 aromatic rings. The van der Waals surface area contributed by atoms with Crippen LogP contribution in [0.5, 0.6) is 5.75 Å². The van der Waals surface area contributed by atoms with Crippen molar-refractivity contribution in [2.24, 2.45) is 5.73 Å². The molecule has 0 spiro atoms. The number of hydrogen-bond donors (Lipinski definition) is 1. The van der Waals surface area contributed by atoms with E-state index in [2.05, 4.69) is 0 Å². The first-order valence-corrected chi connectivity index (χ1v) is 6.26. The van der Waals surface area contributed by atoms with Crippen LogP contribution in [0.3, 0.4) is 0 Å². The lowest BCUT2D eigenvalue weighted by Crippen LogP contribution is -2.12. The highest BCUT2D eigenvalue weighted by Crippen LogP contribution is 2.29. The molecule has 0 aromatic heterocycles. The lowest BCUT2D eigenvalue weighted by atomic mass is 9.98. The molecule has 0 radical (unpaired) electrons. The SMILES string of the molecule is COc1cc(C(N)c2ccc(F)c(C)c2)ccc1Cl. The van der Waals surface area contributed by atoms with Crippen LogP contribution in [0, 0.1) is 12.7 Å². The van der Waals surface area contributed by atoms with Gasteiger partial charge in [-0.25, -0.2) is 4.39 Å². The van der Waals surface area contributed by atoms with Gasteiger partial charge in [-0.1, -0.05) is 29.8 Å². The van der Waals surface area contributed by atoms with Crippen LogP contribution in [0.2, 0.25) is 5.02 Å². The molecule has 2 N–H and O–H groups in total. The Balaban J connectivity index is 2.37. The average molecular weight is 280 g/mol. The van der Waals surface area contributed by atoms with Crippen molar-refractivity contribution in [3.05, 3.63) is 63.9 Å². The van der Waals surface area contributed by atoms with Gasteiger partial charge in [-0.15, -0.1) is 0 Å². The fourth-order valence-corrected chi connectivity index (χ4v) is 2.12. The number of methoxy groups -OCH3 is 1. The molecule has 0 aliphatic heterocycles. The lowest BCUT2D eigenvalue weighted by molar-refractivity contribution is 0.414. The maximum absolute atomic E-state index is 13.3. The molecule has 0 heterocycles. The Morgan fingerprint density at radius 1 is 1.16 bits per heavy atom. The van der Waals surface area contributed by atoms with Crippen molar-refractivity contribution in [3.63, 3.8) is 0 Å². The fourth-order valence-electron chi connectivity index (χ4n) is 1.92. The van der Waals surface area contributed by atoms with Gasteiger partial charge in [-0.2, -0.15) is 0 Å². The molecule has 0 aliphatic rings. The van der Waals surface area contributed by atoms with E-state index in [4.69, 9.17) is 22.1 Å². The van der Waals surface area contributed by atoms with Gasteiger partial charge in [0.1, 0.15) is 11.6 Å². The molecule has 1 atom stereocenters. The Kier molecular flexibility index (Phi) is 4.08. The summed E-state index contributed by atoms with van der Waals surface area (Å²) in [5.74, 6) is 0.345. The predicted molar refractivity (Wildman–Crippen MR) is 75.2 cm³/mol. The van der Waals surface area contributed by atoms with E-state index in [-0.39, 0.29) is 11.9 Å². The highest BCUT2D eigenvalue weighted by Gasteiger charge is 2.12. The van der Waals surface area contributed by atoms with Crippen LogP contribution in [0.25, 0.3) is 0 Å². The Bertz CT molecular complexity index is 601. The summed E-state index contributed by atoms with van der Waals surface area (Å²) in [5, 5.41) is 0.536. The second-order valence-corrected chi connectivity index (χ2v) is 4.79. The van der Waals surface area contributed by atoms with Crippen LogP contribution in [0.15, 0.2) is 36.4 Å². The van der Waals surface area contributed by atoms with Gasteiger partial charge in [0, 0.05) is 0 Å². The zero-order valence-electron chi connectivity index (χ0n) is 10.8. The van der Waals surface area contributed by atoms with E-state index in [1.165, 1.54) is 6.07 Å². The minimum absolute atomic E-state index is 0.232. The number of nitrogens with two attached hydrogens (primary N) is 1. The monoisotopic (exact) mass is 279 g/mol. The van der Waals surface area contributed by atoms with Gasteiger partial charge in [-0.05, 0) is 41.8 Å². The molecule has 2 nitrogen and oxygen atoms in total. The smallest absolute Gasteiger partial charge is 0.137 e. The fraction of sp³-hybridized carbons (Fsp3) is 0.200. The predicted octanol–water partition coefficient (Wildman–Crippen LogP) is 3.84. The van der Waals surface area contributed by atoms with Crippen molar-refractivity contribution >= 4 is 11.6 Å². The van der Waals surface area contributed by atoms with Crippen molar-refractivity contribution in [1.82, 2.24) is 0 Å². The van der Waals surface area contributed by atoms with E-state index in [0.717, 1.165) is 11.1 Å². The normalized spacial score (nSPS) is 12.3. The quantitative estimate of drug-likeness (QED) is 0.926. The second kappa shape index (κ2) is 5.59. The van der Waals surface area contributed by atoms with Crippen molar-refractivity contribution in [2.45, 2.75) is 13.0 Å². The van der Waals surface area contributed by atoms with E-state index in [1.54, 1.807) is 38.3 Å². The van der Waals surface area contributed by atoms with Gasteiger partial charge < -0.3 is 10.5 Å². The first kappa shape index (κ1) is 13.8. The molecule has 0 saturated carbocycles. The molecule has 0 amide bonds. The Hall–Kier alpha value is -1.58. The van der Waals surface area contributed by atoms with Crippen LogP contribution in [0.1, 0.15) is 22.7 Å². The summed E-state index contributed by atoms with van der Waals surface area (Å²) < 4.78 is 18.4. The number of halogens is 2. The van der Waals surface area contributed by atoms with Gasteiger partial charge in [0.2, 0.25) is 0 Å². The topological polar surface area (TPSA) is 35.2 Å². The number of ether oxygens (including phenoxy) is 1. The Morgan fingerprint density at radius 2 is 1.79 bits per heavy atom. The number of aryl methyl sites for hydroxylation is 1. The molecular formula is C15H15ClFNO. The number of rotatable bonds is 3. The third kappa shape index (κ3) is 2.88. The zero-order chi connectivity index (χ0) is 14.0. The summed E-state index contributed by atoms with van der Waals surface area (Å²) in [6, 6.07) is 9.91. The minimum Gasteiger partial charge on any atom is -0.495 e. The van der Waals surface area contributed by atoms with Gasteiger partial charge >= 0.3 is 0 Å². The highest BCUT2D eigenvalue weighted by atomic mass is 35.5. The standard InChI is InChI=1S/C15H15ClFNO/c1-9-7-10(4-6-13(9)17)15(18)11-3-5-12(16)14(8-11)19-2/h3-8,15H,18H2,1-2H3. The Morgan fingerprint density at radius 3 is 2.42 bits per heavy atom. The molecule has 1 unspecified atom stereocenters. The molecule has 19 heavy (non-hydrogen) atoms. The molecule has 0 aliphatic carbocycles. The first-order valence-electron chi connectivity index (χ1n) is 5.88. The molecule has 4 heteroatoms. The zero-order valence-corrected chi connectivity index (χ0v) is 11.5. The minimum atomic E-state index is -0.342. The van der Waals surface area contributed by atoms with E-state index in [9.17, 15) is 4.39 Å². The lowest BCUT2D eigenvalue weighted by Gasteiger charge is -2.15. The number of hydrogen-bond acceptors (Lipinski definition) is 2. The molecule has 0 saturated heterocycles. The number of benzene rings is 2. The molecule has 2 rings (SSSR count). The van der Waals surface area contributed by atoms with Crippen molar-refractivity contribution < 1.29 is 9.13 Å². The van der Waals surface area contributed by atoms with Crippen LogP contribution < -0.4 is 10.5 Å². The molecular weight excluding hydrogens is 265 g/mol. The molecule has 0 fully saturated rings. The summed E-state index contributed by atoms with van der Waals surface area (Å²) >= 11 is 5.98. The van der Waals surface area contributed by atoms with Gasteiger partial charge in [0.25, 0.3) is 0 Å². The maximum Gasteiger partial charge on any atom is 0.137 e. The average Bonchev–Trinajstić information content (AvgIpc) is 2.41. The third-order valence-electron chi connectivity index (χ3n) is 3.08. The third-order valence-corrected chi connectivity index (χ3v) is 3.39. The molecule has 100 valence electrons. The van der Waals surface area contributed by atoms with Crippen molar-refractivity contribution in [3.8, 4) is 5.75 Å². The molecule has 2 aromatic carbocycles. The summed E-state index contributed by atoms with van der Waals surface area (Å²) in [5.41, 5.74) is 8.48. The maximum atomic E-state index is 13.3. The van der Waals surface area contributed by atoms with E-state index in [0.29, 0.717) is 16.3 Å². The van der Waals surface area contributed by atoms with Crippen LogP contribution >= 0.6 is 11.6 Å². The molecule has 0 bridgehead atoms. The highest BCUT2D eigenvalue weighted by molar-refractivity contribution is 6.32. The van der Waals surface area contributed by atoms with Crippen LogP contribution in [-0.2, 0) is 0 Å². The second-order valence-electron chi connectivity index (χ2n) is 4.38. The first-order chi connectivity index (χ1) is 9.02. The van der Waals surface area contributed by atoms with Crippen LogP contribution in [-0.4, -0.2) is 7.11 Å². The van der Waals surface area contributed by atoms with E-state index in [1.807, 2.05) is 6.07 Å². The van der Waals surface area contributed by atoms with Crippen LogP contribution in [0.4, 0.5) is 4.39 Å². The summed E-state index contributed by atoms with van der Waals surface area (Å²) in [7, 11) is 1.55. The van der Waals surface area contributed by atoms with E-state index < -0.39 is 0 Å². The van der Waals surface area contributed by atoms with Gasteiger partial charge in [0.05, 0.1) is 18.2 Å². The van der Waals surface area contributed by atoms with E-state index >= 15 is 0 Å². The summed E-state index contributed by atoms with van der Waals surface area (Å²) in [6.45, 7) is 1.72. The van der Waals surface area contributed by atoms with Gasteiger partial charge in [0.15, 0.2) is 0 Å². The van der Waals surface area contributed by atoms with Crippen molar-refractivity contribution in [2.75, 3.05) is 7.11 Å². The van der Waals surface area contributed by atoms with Crippen molar-refractivity contribution in [1.29, 1.82) is 0 Å². The summed E-state index contributed by atoms with van der Waals surface area (Å²) in [4.78, 5) is 0. The van der Waals surface area contributed by atoms with Gasteiger partial charge in [-0.3, -0.25) is 0 Å². The largest absolute Gasteiger partial charge is 0.495 e. The Labute approximate surface area is 117 Å². The summed E-state index contributed by atoms with van der Waals surface area (Å²) in [6.07, 6.45) is 0.